The molecule has 0 bridgehead atoms. The van der Waals surface area contributed by atoms with Gasteiger partial charge in [-0.15, -0.1) is 0 Å². The number of carbonyl (C=O) groups excluding carboxylic acids is 1. The maximum atomic E-state index is 13.1. The van der Waals surface area contributed by atoms with Crippen LogP contribution in [0.3, 0.4) is 0 Å². The molecule has 28 heavy (non-hydrogen) atoms. The summed E-state index contributed by atoms with van der Waals surface area (Å²) in [6.07, 6.45) is 5.99. The summed E-state index contributed by atoms with van der Waals surface area (Å²) in [6, 6.07) is 2.02. The molecule has 1 fully saturated rings. The number of pyridine rings is 1. The number of rotatable bonds is 3. The van der Waals surface area contributed by atoms with Gasteiger partial charge in [0.2, 0.25) is 5.95 Å². The Morgan fingerprint density at radius 2 is 1.75 bits per heavy atom. The first-order chi connectivity index (χ1) is 13.5. The van der Waals surface area contributed by atoms with Crippen molar-refractivity contribution in [1.29, 1.82) is 0 Å². The molecule has 2 aromatic heterocycles. The predicted octanol–water partition coefficient (Wildman–Crippen LogP) is 1.92. The van der Waals surface area contributed by atoms with Crippen LogP contribution in [0.25, 0.3) is 0 Å². The first-order valence-electron chi connectivity index (χ1n) is 9.75. The molecule has 0 atom stereocenters. The van der Waals surface area contributed by atoms with Crippen LogP contribution in [0.2, 0.25) is 0 Å². The molecule has 1 amide bonds. The molecule has 4 rings (SSSR count). The molecule has 1 saturated heterocycles. The molecule has 2 aromatic rings. The summed E-state index contributed by atoms with van der Waals surface area (Å²) in [5.74, 6) is 0.876. The van der Waals surface area contributed by atoms with E-state index in [9.17, 15) is 9.18 Å². The molecule has 0 radical (unpaired) electrons. The van der Waals surface area contributed by atoms with Crippen molar-refractivity contribution in [3.8, 4) is 0 Å². The highest BCUT2D eigenvalue weighted by Gasteiger charge is 2.26. The molecule has 0 N–H and O–H groups in total. The average Bonchev–Trinajstić information content (AvgIpc) is 3.15. The van der Waals surface area contributed by atoms with Crippen molar-refractivity contribution in [3.63, 3.8) is 0 Å². The van der Waals surface area contributed by atoms with E-state index in [1.807, 2.05) is 34.9 Å². The molecule has 0 spiro atoms. The van der Waals surface area contributed by atoms with E-state index in [1.54, 1.807) is 0 Å². The second-order valence-electron chi connectivity index (χ2n) is 7.55. The number of fused-ring (bicyclic) bond motifs is 1. The minimum absolute atomic E-state index is 0.0690. The smallest absolute Gasteiger partial charge is 0.257 e. The van der Waals surface area contributed by atoms with Crippen molar-refractivity contribution in [2.75, 3.05) is 50.1 Å². The third-order valence-electron chi connectivity index (χ3n) is 5.38. The highest BCUT2D eigenvalue weighted by atomic mass is 19.1. The largest absolute Gasteiger partial charge is 0.362 e. The van der Waals surface area contributed by atoms with E-state index in [2.05, 4.69) is 9.97 Å². The highest BCUT2D eigenvalue weighted by molar-refractivity contribution is 5.99. The molecule has 0 saturated carbocycles. The number of aromatic nitrogens is 3. The van der Waals surface area contributed by atoms with Crippen LogP contribution in [0.4, 0.5) is 16.2 Å². The van der Waals surface area contributed by atoms with Gasteiger partial charge in [-0.2, -0.15) is 0 Å². The maximum Gasteiger partial charge on any atom is 0.257 e. The second-order valence-corrected chi connectivity index (χ2v) is 7.55. The van der Waals surface area contributed by atoms with Crippen molar-refractivity contribution < 1.29 is 9.18 Å². The minimum Gasteiger partial charge on any atom is -0.362 e. The minimum atomic E-state index is -0.441. The van der Waals surface area contributed by atoms with Gasteiger partial charge < -0.3 is 14.7 Å². The SMILES string of the molecule is CN(C)c1nc2c(cc1C(=O)N1CCCC1)CCN(c1ncc(F)cn1)CC2. The lowest BCUT2D eigenvalue weighted by atomic mass is 10.0. The van der Waals surface area contributed by atoms with E-state index in [0.717, 1.165) is 55.8 Å². The number of hydrogen-bond donors (Lipinski definition) is 0. The number of hydrogen-bond acceptors (Lipinski definition) is 6. The summed E-state index contributed by atoms with van der Waals surface area (Å²) >= 11 is 0. The van der Waals surface area contributed by atoms with Gasteiger partial charge >= 0.3 is 0 Å². The van der Waals surface area contributed by atoms with Crippen LogP contribution >= 0.6 is 0 Å². The van der Waals surface area contributed by atoms with Crippen LogP contribution in [0.15, 0.2) is 18.5 Å². The van der Waals surface area contributed by atoms with E-state index in [0.29, 0.717) is 24.6 Å². The van der Waals surface area contributed by atoms with E-state index in [1.165, 1.54) is 12.4 Å². The quantitative estimate of drug-likeness (QED) is 0.806. The number of nitrogens with zero attached hydrogens (tertiary/aromatic N) is 6. The molecule has 2 aliphatic heterocycles. The van der Waals surface area contributed by atoms with Gasteiger partial charge in [-0.05, 0) is 30.9 Å². The van der Waals surface area contributed by atoms with E-state index >= 15 is 0 Å². The van der Waals surface area contributed by atoms with Gasteiger partial charge in [-0.25, -0.2) is 19.3 Å². The van der Waals surface area contributed by atoms with Gasteiger partial charge in [0, 0.05) is 52.4 Å². The summed E-state index contributed by atoms with van der Waals surface area (Å²) < 4.78 is 13.1. The van der Waals surface area contributed by atoms with Crippen LogP contribution < -0.4 is 9.80 Å². The monoisotopic (exact) mass is 384 g/mol. The third-order valence-corrected chi connectivity index (χ3v) is 5.38. The van der Waals surface area contributed by atoms with Gasteiger partial charge in [-0.3, -0.25) is 4.79 Å². The van der Waals surface area contributed by atoms with E-state index in [-0.39, 0.29) is 5.91 Å². The zero-order chi connectivity index (χ0) is 19.7. The number of anilines is 2. The first-order valence-corrected chi connectivity index (χ1v) is 9.75. The molecule has 0 aromatic carbocycles. The predicted molar refractivity (Wildman–Crippen MR) is 105 cm³/mol. The van der Waals surface area contributed by atoms with Crippen molar-refractivity contribution in [1.82, 2.24) is 19.9 Å². The zero-order valence-electron chi connectivity index (χ0n) is 16.4. The average molecular weight is 384 g/mol. The number of amides is 1. The highest BCUT2D eigenvalue weighted by Crippen LogP contribution is 2.26. The third kappa shape index (κ3) is 3.63. The summed E-state index contributed by atoms with van der Waals surface area (Å²) in [7, 11) is 3.84. The fourth-order valence-corrected chi connectivity index (χ4v) is 3.88. The number of likely N-dealkylation sites (tertiary alicyclic amines) is 1. The van der Waals surface area contributed by atoms with Crippen molar-refractivity contribution >= 4 is 17.7 Å². The number of halogens is 1. The Labute approximate surface area is 164 Å². The van der Waals surface area contributed by atoms with Crippen molar-refractivity contribution in [3.05, 3.63) is 41.1 Å². The van der Waals surface area contributed by atoms with Crippen LogP contribution in [0, 0.1) is 5.82 Å². The van der Waals surface area contributed by atoms with Crippen molar-refractivity contribution in [2.45, 2.75) is 25.7 Å². The first kappa shape index (κ1) is 18.6. The molecular weight excluding hydrogens is 359 g/mol. The van der Waals surface area contributed by atoms with Gasteiger partial charge in [0.1, 0.15) is 5.82 Å². The molecule has 0 aliphatic carbocycles. The summed E-state index contributed by atoms with van der Waals surface area (Å²) in [5.41, 5.74) is 2.78. The molecule has 2 aliphatic rings. The summed E-state index contributed by atoms with van der Waals surface area (Å²) in [4.78, 5) is 32.0. The molecule has 7 nitrogen and oxygen atoms in total. The maximum absolute atomic E-state index is 13.1. The van der Waals surface area contributed by atoms with Crippen LogP contribution in [-0.2, 0) is 12.8 Å². The Hall–Kier alpha value is -2.77. The Balaban J connectivity index is 1.62. The summed E-state index contributed by atoms with van der Waals surface area (Å²) in [5, 5.41) is 0. The molecule has 0 unspecified atom stereocenters. The van der Waals surface area contributed by atoms with Gasteiger partial charge in [-0.1, -0.05) is 0 Å². The number of carbonyl (C=O) groups is 1. The fourth-order valence-electron chi connectivity index (χ4n) is 3.88. The van der Waals surface area contributed by atoms with Crippen LogP contribution in [-0.4, -0.2) is 66.0 Å². The Kier molecular flexibility index (Phi) is 5.11. The van der Waals surface area contributed by atoms with Gasteiger partial charge in [0.25, 0.3) is 5.91 Å². The Morgan fingerprint density at radius 1 is 1.07 bits per heavy atom. The standard InChI is InChI=1S/C20H25FN6O/c1-25(2)18-16(19(28)26-7-3-4-8-26)11-14-5-9-27(10-6-17(14)24-18)20-22-12-15(21)13-23-20/h11-13H,3-10H2,1-2H3. The molecule has 4 heterocycles. The lowest BCUT2D eigenvalue weighted by molar-refractivity contribution is 0.0793. The lowest BCUT2D eigenvalue weighted by Gasteiger charge is -2.22. The topological polar surface area (TPSA) is 65.5 Å². The molecular formula is C20H25FN6O. The van der Waals surface area contributed by atoms with Crippen molar-refractivity contribution in [2.24, 2.45) is 0 Å². The van der Waals surface area contributed by atoms with E-state index < -0.39 is 5.82 Å². The summed E-state index contributed by atoms with van der Waals surface area (Å²) in [6.45, 7) is 3.05. The molecule has 8 heteroatoms. The van der Waals surface area contributed by atoms with Crippen LogP contribution in [0.1, 0.15) is 34.5 Å². The normalized spacial score (nSPS) is 16.7. The Bertz CT molecular complexity index is 864. The fraction of sp³-hybridized carbons (Fsp3) is 0.500. The second kappa shape index (κ2) is 7.69. The van der Waals surface area contributed by atoms with Gasteiger partial charge in [0.15, 0.2) is 5.82 Å². The molecule has 148 valence electrons. The zero-order valence-corrected chi connectivity index (χ0v) is 16.4. The lowest BCUT2D eigenvalue weighted by Crippen LogP contribution is -2.30. The van der Waals surface area contributed by atoms with E-state index in [4.69, 9.17) is 4.98 Å². The van der Waals surface area contributed by atoms with Gasteiger partial charge in [0.05, 0.1) is 18.0 Å². The van der Waals surface area contributed by atoms with Crippen LogP contribution in [0.5, 0.6) is 0 Å². The Morgan fingerprint density at radius 3 is 2.43 bits per heavy atom.